The number of pyridine rings is 1. The number of carbonyl (C=O) groups is 2. The molecule has 2 aliphatic rings. The van der Waals surface area contributed by atoms with Crippen molar-refractivity contribution < 1.29 is 19.1 Å². The first kappa shape index (κ1) is 30.3. The Labute approximate surface area is 247 Å². The molecule has 216 valence electrons. The second kappa shape index (κ2) is 13.3. The third-order valence-electron chi connectivity index (χ3n) is 7.35. The molecule has 0 saturated carbocycles. The molecule has 1 aromatic carbocycles. The number of nitriles is 1. The van der Waals surface area contributed by atoms with Crippen LogP contribution < -0.4 is 15.4 Å². The predicted octanol–water partition coefficient (Wildman–Crippen LogP) is 4.36. The molecule has 9 nitrogen and oxygen atoms in total. The summed E-state index contributed by atoms with van der Waals surface area (Å²) in [6, 6.07) is 8.42. The van der Waals surface area contributed by atoms with E-state index in [4.69, 9.17) is 17.3 Å². The number of thiocarbonyl (C=S) groups is 1. The van der Waals surface area contributed by atoms with Crippen LogP contribution in [0.4, 0.5) is 15.9 Å². The molecular formula is C29H32FN5O4S2. The number of nitrogens with zero attached hydrogens (tertiary/aromatic N) is 5. The Balaban J connectivity index is 1.63. The molecule has 0 spiro atoms. The van der Waals surface area contributed by atoms with Crippen molar-refractivity contribution in [1.82, 2.24) is 9.47 Å². The van der Waals surface area contributed by atoms with Crippen molar-refractivity contribution in [3.63, 3.8) is 0 Å². The minimum Gasteiger partial charge on any atom is -0.481 e. The first-order chi connectivity index (χ1) is 19.7. The number of aliphatic carboxylic acids is 1. The van der Waals surface area contributed by atoms with E-state index in [1.54, 1.807) is 29.7 Å². The molecule has 12 heteroatoms. The zero-order chi connectivity index (χ0) is 29.7. The number of piperazine rings is 1. The van der Waals surface area contributed by atoms with Gasteiger partial charge in [0.05, 0.1) is 4.91 Å². The summed E-state index contributed by atoms with van der Waals surface area (Å²) in [4.78, 5) is 43.6. The van der Waals surface area contributed by atoms with Gasteiger partial charge in [0.25, 0.3) is 11.5 Å². The molecule has 2 aromatic rings. The average Bonchev–Trinajstić information content (AvgIpc) is 3.22. The molecular weight excluding hydrogens is 565 g/mol. The van der Waals surface area contributed by atoms with Gasteiger partial charge >= 0.3 is 5.97 Å². The molecule has 1 amide bonds. The van der Waals surface area contributed by atoms with Crippen molar-refractivity contribution >= 4 is 57.8 Å². The van der Waals surface area contributed by atoms with E-state index >= 15 is 0 Å². The molecule has 0 unspecified atom stereocenters. The number of hydrogen-bond acceptors (Lipinski definition) is 8. The molecule has 0 aliphatic carbocycles. The Morgan fingerprint density at radius 2 is 1.78 bits per heavy atom. The van der Waals surface area contributed by atoms with Crippen LogP contribution in [-0.2, 0) is 16.1 Å². The van der Waals surface area contributed by atoms with Gasteiger partial charge in [-0.2, -0.15) is 5.26 Å². The third kappa shape index (κ3) is 6.63. The van der Waals surface area contributed by atoms with Crippen LogP contribution >= 0.6 is 24.0 Å². The summed E-state index contributed by atoms with van der Waals surface area (Å²) in [7, 11) is 0. The number of unbranched alkanes of at least 4 members (excludes halogenated alkanes) is 2. The Hall–Kier alpha value is -3.69. The first-order valence-corrected chi connectivity index (χ1v) is 14.8. The average molecular weight is 598 g/mol. The summed E-state index contributed by atoms with van der Waals surface area (Å²) in [5, 5.41) is 18.7. The van der Waals surface area contributed by atoms with E-state index in [1.165, 1.54) is 28.8 Å². The molecule has 2 fully saturated rings. The highest BCUT2D eigenvalue weighted by Crippen LogP contribution is 2.36. The van der Waals surface area contributed by atoms with Crippen LogP contribution in [0.5, 0.6) is 0 Å². The maximum absolute atomic E-state index is 13.4. The van der Waals surface area contributed by atoms with Gasteiger partial charge in [-0.15, -0.1) is 0 Å². The molecule has 4 rings (SSSR count). The highest BCUT2D eigenvalue weighted by molar-refractivity contribution is 8.26. The number of thioether (sulfide) groups is 1. The van der Waals surface area contributed by atoms with Crippen LogP contribution in [0.25, 0.3) is 6.08 Å². The van der Waals surface area contributed by atoms with Crippen LogP contribution in [0.15, 0.2) is 34.0 Å². The molecule has 0 bridgehead atoms. The van der Waals surface area contributed by atoms with Gasteiger partial charge in [0, 0.05) is 56.9 Å². The fourth-order valence-corrected chi connectivity index (χ4v) is 6.44. The largest absolute Gasteiger partial charge is 0.481 e. The van der Waals surface area contributed by atoms with Crippen molar-refractivity contribution in [3.8, 4) is 6.07 Å². The van der Waals surface area contributed by atoms with Crippen molar-refractivity contribution in [3.05, 3.63) is 62.0 Å². The van der Waals surface area contributed by atoms with Gasteiger partial charge in [-0.25, -0.2) is 4.39 Å². The number of anilines is 2. The smallest absolute Gasteiger partial charge is 0.303 e. The van der Waals surface area contributed by atoms with Crippen molar-refractivity contribution in [1.29, 1.82) is 5.26 Å². The Kier molecular flexibility index (Phi) is 9.83. The quantitative estimate of drug-likeness (QED) is 0.243. The van der Waals surface area contributed by atoms with E-state index in [1.807, 2.05) is 6.92 Å². The minimum atomic E-state index is -0.841. The predicted molar refractivity (Wildman–Crippen MR) is 163 cm³/mol. The lowest BCUT2D eigenvalue weighted by Gasteiger charge is -2.39. The van der Waals surface area contributed by atoms with Crippen molar-refractivity contribution in [2.45, 2.75) is 46.1 Å². The van der Waals surface area contributed by atoms with Crippen LogP contribution in [0.3, 0.4) is 0 Å². The third-order valence-corrected chi connectivity index (χ3v) is 8.73. The second-order valence-corrected chi connectivity index (χ2v) is 11.6. The lowest BCUT2D eigenvalue weighted by Crippen LogP contribution is -2.48. The first-order valence-electron chi connectivity index (χ1n) is 13.6. The van der Waals surface area contributed by atoms with Crippen molar-refractivity contribution in [2.24, 2.45) is 0 Å². The van der Waals surface area contributed by atoms with Gasteiger partial charge in [0.1, 0.15) is 27.6 Å². The molecule has 0 radical (unpaired) electrons. The summed E-state index contributed by atoms with van der Waals surface area (Å²) in [5.41, 5.74) is 1.74. The number of amides is 1. The van der Waals surface area contributed by atoms with Gasteiger partial charge < -0.3 is 14.9 Å². The fraction of sp³-hybridized carbons (Fsp3) is 0.414. The van der Waals surface area contributed by atoms with E-state index in [0.717, 1.165) is 5.69 Å². The molecule has 2 saturated heterocycles. The molecule has 1 N–H and O–H groups in total. The van der Waals surface area contributed by atoms with E-state index in [9.17, 15) is 24.0 Å². The standard InChI is InChI=1S/C29H32FN5O4S2/c1-3-34-26(33-15-13-32(14-16-33)21-10-8-20(30)9-11-21)22(19(2)23(18-31)27(34)38)17-24-28(39)35(29(40)41-24)12-6-4-5-7-25(36)37/h8-11,17H,3-7,12-16H2,1-2H3,(H,36,37). The van der Waals surface area contributed by atoms with E-state index in [2.05, 4.69) is 15.9 Å². The number of hydrogen-bond donors (Lipinski definition) is 1. The molecule has 3 heterocycles. The van der Waals surface area contributed by atoms with E-state index < -0.39 is 5.97 Å². The van der Waals surface area contributed by atoms with Gasteiger partial charge in [0.2, 0.25) is 0 Å². The summed E-state index contributed by atoms with van der Waals surface area (Å²) in [5.74, 6) is -0.712. The molecule has 41 heavy (non-hydrogen) atoms. The highest BCUT2D eigenvalue weighted by atomic mass is 32.2. The summed E-state index contributed by atoms with van der Waals surface area (Å²) < 4.78 is 15.4. The fourth-order valence-electron chi connectivity index (χ4n) is 5.15. The second-order valence-electron chi connectivity index (χ2n) is 9.89. The maximum atomic E-state index is 13.4. The lowest BCUT2D eigenvalue weighted by molar-refractivity contribution is -0.137. The maximum Gasteiger partial charge on any atom is 0.303 e. The lowest BCUT2D eigenvalue weighted by atomic mass is 10.0. The normalized spacial score (nSPS) is 16.5. The Morgan fingerprint density at radius 1 is 1.12 bits per heavy atom. The van der Waals surface area contributed by atoms with Crippen LogP contribution in [0, 0.1) is 24.1 Å². The molecule has 2 aliphatic heterocycles. The number of carboxylic acid groups (broad SMARTS) is 1. The highest BCUT2D eigenvalue weighted by Gasteiger charge is 2.33. The molecule has 1 aromatic heterocycles. The summed E-state index contributed by atoms with van der Waals surface area (Å²) in [6.45, 7) is 6.78. The van der Waals surface area contributed by atoms with Gasteiger partial charge in [-0.1, -0.05) is 30.4 Å². The van der Waals surface area contributed by atoms with Crippen LogP contribution in [-0.4, -0.2) is 63.5 Å². The van der Waals surface area contributed by atoms with Gasteiger partial charge in [-0.05, 0) is 62.6 Å². The minimum absolute atomic E-state index is 0.0423. The Bertz CT molecular complexity index is 1470. The monoisotopic (exact) mass is 597 g/mol. The van der Waals surface area contributed by atoms with Gasteiger partial charge in [-0.3, -0.25) is 23.9 Å². The molecule has 0 atom stereocenters. The summed E-state index contributed by atoms with van der Waals surface area (Å²) in [6.07, 6.45) is 3.67. The zero-order valence-electron chi connectivity index (χ0n) is 23.1. The SMILES string of the molecule is CCn1c(N2CCN(c3ccc(F)cc3)CC2)c(C=C2SC(=S)N(CCCCCC(=O)O)C2=O)c(C)c(C#N)c1=O. The number of carbonyl (C=O) groups excluding carboxylic acids is 1. The van der Waals surface area contributed by atoms with E-state index in [-0.39, 0.29) is 29.3 Å². The van der Waals surface area contributed by atoms with Crippen LogP contribution in [0.1, 0.15) is 49.3 Å². The van der Waals surface area contributed by atoms with Crippen LogP contribution in [0.2, 0.25) is 0 Å². The van der Waals surface area contributed by atoms with Gasteiger partial charge in [0.15, 0.2) is 0 Å². The number of halogens is 1. The topological polar surface area (TPSA) is 110 Å². The van der Waals surface area contributed by atoms with Crippen molar-refractivity contribution in [2.75, 3.05) is 42.5 Å². The van der Waals surface area contributed by atoms with E-state index in [0.29, 0.717) is 84.7 Å². The number of aromatic nitrogens is 1. The zero-order valence-corrected chi connectivity index (χ0v) is 24.7. The number of benzene rings is 1. The Morgan fingerprint density at radius 3 is 2.39 bits per heavy atom. The summed E-state index contributed by atoms with van der Waals surface area (Å²) >= 11 is 6.68. The number of rotatable bonds is 10. The number of carboxylic acids is 1.